The Labute approximate surface area is 142 Å². The van der Waals surface area contributed by atoms with Crippen LogP contribution in [0.4, 0.5) is 5.69 Å². The summed E-state index contributed by atoms with van der Waals surface area (Å²) >= 11 is 5.86. The summed E-state index contributed by atoms with van der Waals surface area (Å²) in [6.45, 7) is -0.480. The highest BCUT2D eigenvalue weighted by molar-refractivity contribution is 6.32. The van der Waals surface area contributed by atoms with Gasteiger partial charge in [0.05, 0.1) is 16.1 Å². The largest absolute Gasteiger partial charge is 0.452 e. The Kier molecular flexibility index (Phi) is 5.66. The zero-order valence-electron chi connectivity index (χ0n) is 12.3. The second-order valence-electron chi connectivity index (χ2n) is 4.67. The summed E-state index contributed by atoms with van der Waals surface area (Å²) in [5.41, 5.74) is 1.34. The van der Waals surface area contributed by atoms with Crippen molar-refractivity contribution in [2.45, 2.75) is 0 Å². The summed E-state index contributed by atoms with van der Waals surface area (Å²) in [7, 11) is 0. The molecule has 24 heavy (non-hydrogen) atoms. The van der Waals surface area contributed by atoms with Crippen molar-refractivity contribution >= 4 is 35.5 Å². The molecule has 0 spiro atoms. The van der Waals surface area contributed by atoms with E-state index < -0.39 is 18.5 Å². The van der Waals surface area contributed by atoms with Crippen molar-refractivity contribution in [2.24, 2.45) is 0 Å². The number of rotatable bonds is 5. The number of carbonyl (C=O) groups excluding carboxylic acids is 3. The van der Waals surface area contributed by atoms with E-state index in [1.807, 2.05) is 6.07 Å². The Hall–Kier alpha value is -3.17. The number of hydrogen-bond acceptors (Lipinski definition) is 5. The molecule has 2 aromatic carbocycles. The molecule has 0 saturated heterocycles. The van der Waals surface area contributed by atoms with E-state index in [0.29, 0.717) is 23.1 Å². The van der Waals surface area contributed by atoms with E-state index in [-0.39, 0.29) is 10.6 Å². The zero-order chi connectivity index (χ0) is 17.5. The highest BCUT2D eigenvalue weighted by Crippen LogP contribution is 2.20. The van der Waals surface area contributed by atoms with Gasteiger partial charge in [-0.1, -0.05) is 23.7 Å². The molecule has 1 N–H and O–H groups in total. The number of nitrogens with one attached hydrogen (secondary N) is 1. The molecule has 0 saturated carbocycles. The monoisotopic (exact) mass is 342 g/mol. The molecule has 0 aromatic heterocycles. The summed E-state index contributed by atoms with van der Waals surface area (Å²) in [5.74, 6) is -1.23. The predicted octanol–water partition coefficient (Wildman–Crippen LogP) is 2.82. The number of anilines is 1. The van der Waals surface area contributed by atoms with Crippen LogP contribution in [0.2, 0.25) is 5.02 Å². The number of ether oxygens (including phenoxy) is 1. The van der Waals surface area contributed by atoms with Crippen LogP contribution in [0.5, 0.6) is 0 Å². The molecule has 6 nitrogen and oxygen atoms in total. The Balaban J connectivity index is 1.90. The quantitative estimate of drug-likeness (QED) is 0.665. The minimum Gasteiger partial charge on any atom is -0.452 e. The maximum Gasteiger partial charge on any atom is 0.338 e. The minimum absolute atomic E-state index is 0.211. The number of aldehydes is 1. The summed E-state index contributed by atoms with van der Waals surface area (Å²) in [6.07, 6.45) is 0.658. The van der Waals surface area contributed by atoms with Crippen LogP contribution in [0.15, 0.2) is 42.5 Å². The molecule has 1 amide bonds. The van der Waals surface area contributed by atoms with Crippen LogP contribution in [0.25, 0.3) is 0 Å². The number of nitriles is 1. The number of halogens is 1. The second kappa shape index (κ2) is 7.90. The average Bonchev–Trinajstić information content (AvgIpc) is 2.60. The van der Waals surface area contributed by atoms with Gasteiger partial charge < -0.3 is 10.1 Å². The molecule has 0 unspecified atom stereocenters. The first-order valence-corrected chi connectivity index (χ1v) is 7.13. The summed E-state index contributed by atoms with van der Waals surface area (Å²) in [4.78, 5) is 34.1. The topological polar surface area (TPSA) is 96.3 Å². The molecule has 0 bridgehead atoms. The Morgan fingerprint density at radius 1 is 1.21 bits per heavy atom. The van der Waals surface area contributed by atoms with E-state index in [4.69, 9.17) is 21.6 Å². The average molecular weight is 343 g/mol. The molecule has 0 heterocycles. The van der Waals surface area contributed by atoms with Crippen LogP contribution >= 0.6 is 11.6 Å². The number of benzene rings is 2. The molecule has 2 aromatic rings. The Morgan fingerprint density at radius 2 is 1.92 bits per heavy atom. The zero-order valence-corrected chi connectivity index (χ0v) is 13.0. The number of amides is 1. The number of hydrogen-bond donors (Lipinski definition) is 1. The number of carbonyl (C=O) groups is 3. The molecule has 0 radical (unpaired) electrons. The highest BCUT2D eigenvalue weighted by Gasteiger charge is 2.11. The lowest BCUT2D eigenvalue weighted by Gasteiger charge is -2.07. The van der Waals surface area contributed by atoms with Crippen molar-refractivity contribution in [3.63, 3.8) is 0 Å². The van der Waals surface area contributed by atoms with Crippen molar-refractivity contribution in [3.8, 4) is 6.07 Å². The Morgan fingerprint density at radius 3 is 2.50 bits per heavy atom. The predicted molar refractivity (Wildman–Crippen MR) is 86.9 cm³/mol. The molecule has 0 fully saturated rings. The van der Waals surface area contributed by atoms with E-state index in [1.54, 1.807) is 0 Å². The molecule has 0 aliphatic rings. The highest BCUT2D eigenvalue weighted by atomic mass is 35.5. The van der Waals surface area contributed by atoms with Crippen molar-refractivity contribution in [2.75, 3.05) is 11.9 Å². The molecule has 0 atom stereocenters. The van der Waals surface area contributed by atoms with Crippen LogP contribution < -0.4 is 5.32 Å². The van der Waals surface area contributed by atoms with Gasteiger partial charge in [-0.2, -0.15) is 5.26 Å². The van der Waals surface area contributed by atoms with Crippen molar-refractivity contribution in [3.05, 3.63) is 64.2 Å². The van der Waals surface area contributed by atoms with Gasteiger partial charge in [-0.3, -0.25) is 9.59 Å². The van der Waals surface area contributed by atoms with Gasteiger partial charge in [-0.05, 0) is 30.3 Å². The van der Waals surface area contributed by atoms with Crippen LogP contribution in [0, 0.1) is 11.3 Å². The summed E-state index contributed by atoms with van der Waals surface area (Å²) in [5, 5.41) is 11.5. The number of nitrogens with zero attached hydrogens (tertiary/aromatic N) is 1. The third-order valence-corrected chi connectivity index (χ3v) is 3.30. The van der Waals surface area contributed by atoms with Crippen LogP contribution in [-0.2, 0) is 9.53 Å². The maximum atomic E-state index is 11.8. The van der Waals surface area contributed by atoms with Gasteiger partial charge >= 0.3 is 5.97 Å². The first-order chi connectivity index (χ1) is 11.5. The van der Waals surface area contributed by atoms with Gasteiger partial charge in [-0.15, -0.1) is 0 Å². The van der Waals surface area contributed by atoms with Gasteiger partial charge in [0.25, 0.3) is 5.91 Å². The van der Waals surface area contributed by atoms with Crippen LogP contribution in [0.3, 0.4) is 0 Å². The summed E-state index contributed by atoms with van der Waals surface area (Å²) in [6, 6.07) is 12.1. The van der Waals surface area contributed by atoms with Crippen LogP contribution in [0.1, 0.15) is 26.3 Å². The van der Waals surface area contributed by atoms with E-state index in [9.17, 15) is 14.4 Å². The molecule has 0 aliphatic heterocycles. The molecule has 7 heteroatoms. The van der Waals surface area contributed by atoms with Gasteiger partial charge in [-0.25, -0.2) is 4.79 Å². The smallest absolute Gasteiger partial charge is 0.338 e. The number of esters is 1. The summed E-state index contributed by atoms with van der Waals surface area (Å²) < 4.78 is 4.89. The normalized spacial score (nSPS) is 9.67. The lowest BCUT2D eigenvalue weighted by atomic mass is 10.1. The molecule has 120 valence electrons. The van der Waals surface area contributed by atoms with Crippen molar-refractivity contribution in [1.82, 2.24) is 0 Å². The Bertz CT molecular complexity index is 825. The van der Waals surface area contributed by atoms with Gasteiger partial charge in [0.2, 0.25) is 0 Å². The first kappa shape index (κ1) is 17.2. The molecular weight excluding hydrogens is 332 g/mol. The van der Waals surface area contributed by atoms with E-state index in [1.165, 1.54) is 42.5 Å². The first-order valence-electron chi connectivity index (χ1n) is 6.75. The molecule has 2 rings (SSSR count). The fourth-order valence-corrected chi connectivity index (χ4v) is 2.02. The van der Waals surface area contributed by atoms with Crippen molar-refractivity contribution in [1.29, 1.82) is 5.26 Å². The second-order valence-corrected chi connectivity index (χ2v) is 5.08. The SMILES string of the molecule is N#Cc1ccc(NC(=O)COC(=O)c2ccc(C=O)cc2)cc1Cl. The van der Waals surface area contributed by atoms with Gasteiger partial charge in [0.1, 0.15) is 12.4 Å². The third kappa shape index (κ3) is 4.41. The minimum atomic E-state index is -0.680. The van der Waals surface area contributed by atoms with E-state index >= 15 is 0 Å². The van der Waals surface area contributed by atoms with Gasteiger partial charge in [0, 0.05) is 11.3 Å². The van der Waals surface area contributed by atoms with Gasteiger partial charge in [0.15, 0.2) is 6.61 Å². The standard InChI is InChI=1S/C17H11ClN2O4/c18-15-7-14(6-5-13(15)8-19)20-16(22)10-24-17(23)12-3-1-11(9-21)2-4-12/h1-7,9H,10H2,(H,20,22). The molecule has 0 aliphatic carbocycles. The fraction of sp³-hybridized carbons (Fsp3) is 0.0588. The third-order valence-electron chi connectivity index (χ3n) is 2.99. The maximum absolute atomic E-state index is 11.8. The lowest BCUT2D eigenvalue weighted by molar-refractivity contribution is -0.119. The van der Waals surface area contributed by atoms with E-state index in [0.717, 1.165) is 0 Å². The van der Waals surface area contributed by atoms with E-state index in [2.05, 4.69) is 5.32 Å². The van der Waals surface area contributed by atoms with Crippen molar-refractivity contribution < 1.29 is 19.1 Å². The molecular formula is C17H11ClN2O4. The lowest BCUT2D eigenvalue weighted by Crippen LogP contribution is -2.21. The fourth-order valence-electron chi connectivity index (χ4n) is 1.79. The van der Waals surface area contributed by atoms with Crippen LogP contribution in [-0.4, -0.2) is 24.8 Å².